The minimum atomic E-state index is -1.46. The Morgan fingerprint density at radius 3 is 2.26 bits per heavy atom. The topological polar surface area (TPSA) is 142 Å². The number of hydrogen-bond acceptors (Lipinski definition) is 6. The van der Waals surface area contributed by atoms with Crippen molar-refractivity contribution in [2.75, 3.05) is 13.7 Å². The van der Waals surface area contributed by atoms with Crippen LogP contribution in [0.2, 0.25) is 0 Å². The molecule has 2 atom stereocenters. The van der Waals surface area contributed by atoms with Gasteiger partial charge in [-0.05, 0) is 28.7 Å². The molecule has 10 heteroatoms. The molecule has 0 spiro atoms. The van der Waals surface area contributed by atoms with Gasteiger partial charge in [0.1, 0.15) is 18.7 Å². The van der Waals surface area contributed by atoms with E-state index in [9.17, 15) is 29.1 Å². The number of rotatable bonds is 7. The van der Waals surface area contributed by atoms with E-state index in [4.69, 9.17) is 4.74 Å². The van der Waals surface area contributed by atoms with E-state index >= 15 is 0 Å². The molecule has 182 valence electrons. The van der Waals surface area contributed by atoms with Crippen molar-refractivity contribution in [1.29, 1.82) is 0 Å². The number of likely N-dealkylation sites (tertiary alicyclic amines) is 1. The number of aliphatic carboxylic acids is 1. The average molecular weight is 479 g/mol. The molecule has 1 heterocycles. The largest absolute Gasteiger partial charge is 0.481 e. The lowest BCUT2D eigenvalue weighted by Crippen LogP contribution is -2.57. The van der Waals surface area contributed by atoms with Crippen LogP contribution in [-0.2, 0) is 23.9 Å². The molecular weight excluding hydrogens is 454 g/mol. The van der Waals surface area contributed by atoms with Crippen molar-refractivity contribution in [2.24, 2.45) is 0 Å². The molecule has 0 radical (unpaired) electrons. The van der Waals surface area contributed by atoms with Crippen molar-refractivity contribution >= 4 is 29.8 Å². The first-order valence-electron chi connectivity index (χ1n) is 11.2. The number of benzene rings is 2. The molecule has 4 rings (SSSR count). The third-order valence-electron chi connectivity index (χ3n) is 6.30. The second kappa shape index (κ2) is 9.96. The van der Waals surface area contributed by atoms with E-state index in [0.29, 0.717) is 0 Å². The Morgan fingerprint density at radius 1 is 1.06 bits per heavy atom. The molecule has 0 saturated carbocycles. The minimum absolute atomic E-state index is 0.00467. The third kappa shape index (κ3) is 5.01. The number of carbonyl (C=O) groups excluding carboxylic acids is 4. The molecule has 2 aromatic carbocycles. The van der Waals surface area contributed by atoms with Gasteiger partial charge in [0.05, 0.1) is 6.42 Å². The van der Waals surface area contributed by atoms with Gasteiger partial charge in [0, 0.05) is 19.4 Å². The Kier molecular flexibility index (Phi) is 6.81. The first kappa shape index (κ1) is 23.9. The van der Waals surface area contributed by atoms with Crippen molar-refractivity contribution in [3.8, 4) is 11.1 Å². The number of ether oxygens (including phenoxy) is 1. The molecule has 1 saturated heterocycles. The van der Waals surface area contributed by atoms with Gasteiger partial charge in [-0.25, -0.2) is 4.79 Å². The standard InChI is InChI=1S/C25H25N3O7/c1-28-21(29)11-10-19(24(28)33)26-23(32)20(12-22(30)31)27-25(34)35-13-18-16-8-4-2-6-14(16)15-7-3-5-9-17(15)18/h2-9,18-20H,10-13H2,1H3,(H,26,32)(H,27,34)(H,30,31). The molecule has 2 unspecified atom stereocenters. The number of hydrogen-bond donors (Lipinski definition) is 3. The Hall–Kier alpha value is -4.21. The van der Waals surface area contributed by atoms with Gasteiger partial charge in [0.25, 0.3) is 5.91 Å². The molecule has 3 N–H and O–H groups in total. The van der Waals surface area contributed by atoms with E-state index in [1.54, 1.807) is 0 Å². The van der Waals surface area contributed by atoms with Crippen LogP contribution in [0.3, 0.4) is 0 Å². The summed E-state index contributed by atoms with van der Waals surface area (Å²) in [6.07, 6.45) is -1.49. The fourth-order valence-corrected chi connectivity index (χ4v) is 4.49. The maximum absolute atomic E-state index is 12.7. The molecule has 2 aliphatic rings. The molecular formula is C25H25N3O7. The summed E-state index contributed by atoms with van der Waals surface area (Å²) in [5.41, 5.74) is 4.13. The Balaban J connectivity index is 1.40. The molecule has 0 aromatic heterocycles. The minimum Gasteiger partial charge on any atom is -0.481 e. The first-order valence-corrected chi connectivity index (χ1v) is 11.2. The van der Waals surface area contributed by atoms with Crippen LogP contribution in [0.1, 0.15) is 36.3 Å². The zero-order valence-corrected chi connectivity index (χ0v) is 19.0. The lowest BCUT2D eigenvalue weighted by Gasteiger charge is -2.29. The molecule has 35 heavy (non-hydrogen) atoms. The molecule has 1 fully saturated rings. The fourth-order valence-electron chi connectivity index (χ4n) is 4.49. The highest BCUT2D eigenvalue weighted by atomic mass is 16.5. The summed E-state index contributed by atoms with van der Waals surface area (Å²) in [6, 6.07) is 13.2. The number of nitrogens with one attached hydrogen (secondary N) is 2. The van der Waals surface area contributed by atoms with Gasteiger partial charge in [0.15, 0.2) is 0 Å². The summed E-state index contributed by atoms with van der Waals surface area (Å²) in [5, 5.41) is 13.9. The number of carboxylic acid groups (broad SMARTS) is 1. The monoisotopic (exact) mass is 479 g/mol. The fraction of sp³-hybridized carbons (Fsp3) is 0.320. The Bertz CT molecular complexity index is 1150. The van der Waals surface area contributed by atoms with E-state index in [1.165, 1.54) is 7.05 Å². The number of alkyl carbamates (subject to hydrolysis) is 1. The molecule has 1 aliphatic carbocycles. The van der Waals surface area contributed by atoms with Crippen LogP contribution >= 0.6 is 0 Å². The molecule has 2 aromatic rings. The quantitative estimate of drug-likeness (QED) is 0.513. The Morgan fingerprint density at radius 2 is 1.66 bits per heavy atom. The van der Waals surface area contributed by atoms with E-state index in [0.717, 1.165) is 27.2 Å². The van der Waals surface area contributed by atoms with Crippen LogP contribution in [0.25, 0.3) is 11.1 Å². The summed E-state index contributed by atoms with van der Waals surface area (Å²) in [6.45, 7) is -0.00467. The number of carbonyl (C=O) groups is 5. The predicted molar refractivity (Wildman–Crippen MR) is 123 cm³/mol. The summed E-state index contributed by atoms with van der Waals surface area (Å²) >= 11 is 0. The number of carboxylic acids is 1. The van der Waals surface area contributed by atoms with Gasteiger partial charge in [0.2, 0.25) is 11.8 Å². The average Bonchev–Trinajstić information content (AvgIpc) is 3.16. The number of imide groups is 1. The van der Waals surface area contributed by atoms with Gasteiger partial charge in [-0.1, -0.05) is 48.5 Å². The van der Waals surface area contributed by atoms with Crippen LogP contribution < -0.4 is 10.6 Å². The van der Waals surface area contributed by atoms with Crippen LogP contribution in [0, 0.1) is 0 Å². The summed E-state index contributed by atoms with van der Waals surface area (Å²) in [5.74, 6) is -3.31. The molecule has 1 aliphatic heterocycles. The number of likely N-dealkylation sites (N-methyl/N-ethyl adjacent to an activating group) is 1. The lowest BCUT2D eigenvalue weighted by molar-refractivity contribution is -0.149. The number of nitrogens with zero attached hydrogens (tertiary/aromatic N) is 1. The van der Waals surface area contributed by atoms with Crippen LogP contribution in [0.15, 0.2) is 48.5 Å². The van der Waals surface area contributed by atoms with E-state index in [-0.39, 0.29) is 31.3 Å². The second-order valence-electron chi connectivity index (χ2n) is 8.51. The third-order valence-corrected chi connectivity index (χ3v) is 6.30. The SMILES string of the molecule is CN1C(=O)CCC(NC(=O)C(CC(=O)O)NC(=O)OCC2c3ccccc3-c3ccccc32)C1=O. The maximum atomic E-state index is 12.7. The van der Waals surface area contributed by atoms with E-state index in [1.807, 2.05) is 48.5 Å². The molecule has 0 bridgehead atoms. The number of amides is 4. The van der Waals surface area contributed by atoms with Crippen molar-refractivity contribution in [1.82, 2.24) is 15.5 Å². The van der Waals surface area contributed by atoms with E-state index in [2.05, 4.69) is 10.6 Å². The van der Waals surface area contributed by atoms with Gasteiger partial charge < -0.3 is 20.5 Å². The zero-order valence-electron chi connectivity index (χ0n) is 19.0. The highest BCUT2D eigenvalue weighted by Crippen LogP contribution is 2.44. The van der Waals surface area contributed by atoms with Gasteiger partial charge in [-0.2, -0.15) is 0 Å². The highest BCUT2D eigenvalue weighted by Gasteiger charge is 2.35. The summed E-state index contributed by atoms with van der Waals surface area (Å²) in [7, 11) is 1.31. The second-order valence-corrected chi connectivity index (χ2v) is 8.51. The molecule has 10 nitrogen and oxygen atoms in total. The lowest BCUT2D eigenvalue weighted by atomic mass is 9.98. The van der Waals surface area contributed by atoms with Crippen molar-refractivity contribution in [2.45, 2.75) is 37.3 Å². The van der Waals surface area contributed by atoms with Crippen molar-refractivity contribution in [3.05, 3.63) is 59.7 Å². The smallest absolute Gasteiger partial charge is 0.407 e. The number of fused-ring (bicyclic) bond motifs is 3. The summed E-state index contributed by atoms with van der Waals surface area (Å²) in [4.78, 5) is 61.4. The maximum Gasteiger partial charge on any atom is 0.407 e. The van der Waals surface area contributed by atoms with Gasteiger partial charge in [-0.15, -0.1) is 0 Å². The van der Waals surface area contributed by atoms with Crippen LogP contribution in [-0.4, -0.2) is 65.5 Å². The first-order chi connectivity index (χ1) is 16.8. The highest BCUT2D eigenvalue weighted by molar-refractivity contribution is 6.02. The van der Waals surface area contributed by atoms with Crippen LogP contribution in [0.4, 0.5) is 4.79 Å². The number of piperidine rings is 1. The van der Waals surface area contributed by atoms with Crippen molar-refractivity contribution in [3.63, 3.8) is 0 Å². The van der Waals surface area contributed by atoms with Gasteiger partial charge >= 0.3 is 12.1 Å². The van der Waals surface area contributed by atoms with Gasteiger partial charge in [-0.3, -0.25) is 24.1 Å². The normalized spacial score (nSPS) is 17.9. The van der Waals surface area contributed by atoms with Crippen LogP contribution in [0.5, 0.6) is 0 Å². The van der Waals surface area contributed by atoms with E-state index < -0.39 is 42.4 Å². The Labute approximate surface area is 201 Å². The van der Waals surface area contributed by atoms with Crippen molar-refractivity contribution < 1.29 is 33.8 Å². The molecule has 4 amide bonds. The summed E-state index contributed by atoms with van der Waals surface area (Å²) < 4.78 is 5.40. The predicted octanol–water partition coefficient (Wildman–Crippen LogP) is 1.63. The zero-order chi connectivity index (χ0) is 25.1.